The number of carbonyl (C=O) groups is 2. The van der Waals surface area contributed by atoms with Gasteiger partial charge >= 0.3 is 5.97 Å². The standard InChI is InChI=1S/C11H12NO4/c1-7(13)12-10(11(15)16)6-8-2-4-9(14)5-3-8/h2-5,10,14H,1,6H2,(H,12,13)(H,15,16)/t10-/m0/s1. The number of carboxylic acid groups (broad SMARTS) is 1. The number of phenols is 1. The van der Waals surface area contributed by atoms with Gasteiger partial charge in [-0.25, -0.2) is 4.79 Å². The maximum Gasteiger partial charge on any atom is 0.326 e. The number of amides is 1. The molecule has 1 aromatic rings. The van der Waals surface area contributed by atoms with Gasteiger partial charge in [0, 0.05) is 13.3 Å². The Morgan fingerprint density at radius 2 is 1.88 bits per heavy atom. The molecular weight excluding hydrogens is 210 g/mol. The van der Waals surface area contributed by atoms with Crippen LogP contribution in [-0.4, -0.2) is 28.1 Å². The summed E-state index contributed by atoms with van der Waals surface area (Å²) in [6, 6.07) is 5.11. The minimum Gasteiger partial charge on any atom is -0.508 e. The van der Waals surface area contributed by atoms with Crippen molar-refractivity contribution in [2.24, 2.45) is 0 Å². The highest BCUT2D eigenvalue weighted by Crippen LogP contribution is 2.11. The third-order valence-electron chi connectivity index (χ3n) is 2.01. The number of hydrogen-bond donors (Lipinski definition) is 3. The minimum absolute atomic E-state index is 0.108. The van der Waals surface area contributed by atoms with Gasteiger partial charge in [0.1, 0.15) is 11.8 Å². The van der Waals surface area contributed by atoms with Crippen LogP contribution in [0, 0.1) is 6.92 Å². The number of aliphatic carboxylic acids is 1. The molecule has 5 heteroatoms. The quantitative estimate of drug-likeness (QED) is 0.685. The number of carboxylic acids is 1. The lowest BCUT2D eigenvalue weighted by Crippen LogP contribution is -2.41. The van der Waals surface area contributed by atoms with Crippen molar-refractivity contribution in [3.63, 3.8) is 0 Å². The first kappa shape index (κ1) is 12.0. The lowest BCUT2D eigenvalue weighted by molar-refractivity contribution is -0.141. The summed E-state index contributed by atoms with van der Waals surface area (Å²) in [6.45, 7) is 3.06. The van der Waals surface area contributed by atoms with E-state index >= 15 is 0 Å². The number of phenolic OH excluding ortho intramolecular Hbond substituents is 1. The van der Waals surface area contributed by atoms with E-state index in [2.05, 4.69) is 12.2 Å². The van der Waals surface area contributed by atoms with Crippen molar-refractivity contribution in [2.45, 2.75) is 12.5 Å². The largest absolute Gasteiger partial charge is 0.508 e. The Morgan fingerprint density at radius 1 is 1.31 bits per heavy atom. The van der Waals surface area contributed by atoms with Gasteiger partial charge in [-0.05, 0) is 17.7 Å². The summed E-state index contributed by atoms with van der Waals surface area (Å²) < 4.78 is 0. The fourth-order valence-electron chi connectivity index (χ4n) is 1.26. The summed E-state index contributed by atoms with van der Waals surface area (Å²) in [5.74, 6) is -1.65. The Morgan fingerprint density at radius 3 is 2.31 bits per heavy atom. The summed E-state index contributed by atoms with van der Waals surface area (Å²) in [5, 5.41) is 20.1. The summed E-state index contributed by atoms with van der Waals surface area (Å²) in [4.78, 5) is 21.5. The molecule has 0 unspecified atom stereocenters. The van der Waals surface area contributed by atoms with Gasteiger partial charge in [0.15, 0.2) is 0 Å². The van der Waals surface area contributed by atoms with Crippen LogP contribution in [0.2, 0.25) is 0 Å². The Bertz CT molecular complexity index is 385. The summed E-state index contributed by atoms with van der Waals surface area (Å²) in [6.07, 6.45) is 0.150. The first-order chi connectivity index (χ1) is 7.49. The molecule has 1 radical (unpaired) electrons. The zero-order valence-corrected chi connectivity index (χ0v) is 8.51. The van der Waals surface area contributed by atoms with Crippen LogP contribution in [0.3, 0.4) is 0 Å². The van der Waals surface area contributed by atoms with E-state index < -0.39 is 17.9 Å². The van der Waals surface area contributed by atoms with E-state index in [4.69, 9.17) is 10.2 Å². The van der Waals surface area contributed by atoms with Crippen molar-refractivity contribution >= 4 is 11.9 Å². The SMILES string of the molecule is [CH2]C(=O)N[C@@H](Cc1ccc(O)cc1)C(=O)O. The molecule has 85 valence electrons. The van der Waals surface area contributed by atoms with E-state index in [1.807, 2.05) is 0 Å². The first-order valence-corrected chi connectivity index (χ1v) is 4.62. The normalized spacial score (nSPS) is 11.8. The van der Waals surface area contributed by atoms with Gasteiger partial charge in [-0.3, -0.25) is 4.79 Å². The monoisotopic (exact) mass is 222 g/mol. The maximum atomic E-state index is 10.8. The van der Waals surface area contributed by atoms with Crippen molar-refractivity contribution < 1.29 is 19.8 Å². The smallest absolute Gasteiger partial charge is 0.326 e. The zero-order valence-electron chi connectivity index (χ0n) is 8.51. The molecule has 0 heterocycles. The Hall–Kier alpha value is -2.04. The molecule has 5 nitrogen and oxygen atoms in total. The molecule has 0 aliphatic carbocycles. The molecule has 0 saturated carbocycles. The van der Waals surface area contributed by atoms with Gasteiger partial charge in [-0.1, -0.05) is 12.1 Å². The van der Waals surface area contributed by atoms with E-state index in [0.29, 0.717) is 5.56 Å². The minimum atomic E-state index is -1.12. The molecule has 3 N–H and O–H groups in total. The second-order valence-electron chi connectivity index (χ2n) is 3.33. The third kappa shape index (κ3) is 3.61. The van der Waals surface area contributed by atoms with Crippen molar-refractivity contribution in [2.75, 3.05) is 0 Å². The van der Waals surface area contributed by atoms with Crippen molar-refractivity contribution in [1.82, 2.24) is 5.32 Å². The summed E-state index contributed by atoms with van der Waals surface area (Å²) >= 11 is 0. The van der Waals surface area contributed by atoms with E-state index in [-0.39, 0.29) is 12.2 Å². The van der Waals surface area contributed by atoms with Crippen molar-refractivity contribution in [3.8, 4) is 5.75 Å². The molecule has 0 spiro atoms. The lowest BCUT2D eigenvalue weighted by Gasteiger charge is -2.12. The second kappa shape index (κ2) is 5.16. The van der Waals surface area contributed by atoms with Gasteiger partial charge in [0.2, 0.25) is 5.91 Å². The van der Waals surface area contributed by atoms with Crippen LogP contribution in [0.4, 0.5) is 0 Å². The molecular formula is C11H12NO4. The fourth-order valence-corrected chi connectivity index (χ4v) is 1.26. The highest BCUT2D eigenvalue weighted by Gasteiger charge is 2.18. The number of rotatable bonds is 4. The van der Waals surface area contributed by atoms with Crippen LogP contribution in [0.5, 0.6) is 5.75 Å². The average Bonchev–Trinajstić information content (AvgIpc) is 2.19. The zero-order chi connectivity index (χ0) is 12.1. The highest BCUT2D eigenvalue weighted by molar-refractivity contribution is 5.86. The number of benzene rings is 1. The number of nitrogens with one attached hydrogen (secondary N) is 1. The molecule has 1 amide bonds. The molecule has 1 atom stereocenters. The van der Waals surface area contributed by atoms with E-state index in [9.17, 15) is 9.59 Å². The predicted molar refractivity (Wildman–Crippen MR) is 56.7 cm³/mol. The number of aromatic hydroxyl groups is 1. The van der Waals surface area contributed by atoms with Gasteiger partial charge in [-0.15, -0.1) is 0 Å². The Balaban J connectivity index is 2.71. The third-order valence-corrected chi connectivity index (χ3v) is 2.01. The highest BCUT2D eigenvalue weighted by atomic mass is 16.4. The number of carbonyl (C=O) groups excluding carboxylic acids is 1. The molecule has 0 aromatic heterocycles. The average molecular weight is 222 g/mol. The van der Waals surface area contributed by atoms with Crippen LogP contribution < -0.4 is 5.32 Å². The van der Waals surface area contributed by atoms with Crippen LogP contribution in [-0.2, 0) is 16.0 Å². The maximum absolute atomic E-state index is 10.8. The van der Waals surface area contributed by atoms with Crippen molar-refractivity contribution in [1.29, 1.82) is 0 Å². The molecule has 1 rings (SSSR count). The van der Waals surface area contributed by atoms with Gasteiger partial charge in [-0.2, -0.15) is 0 Å². The molecule has 1 aromatic carbocycles. The summed E-state index contributed by atoms with van der Waals surface area (Å²) in [7, 11) is 0. The van der Waals surface area contributed by atoms with Crippen molar-refractivity contribution in [3.05, 3.63) is 36.8 Å². The topological polar surface area (TPSA) is 86.6 Å². The summed E-state index contributed by atoms with van der Waals surface area (Å²) in [5.41, 5.74) is 0.707. The van der Waals surface area contributed by atoms with E-state index in [1.165, 1.54) is 12.1 Å². The van der Waals surface area contributed by atoms with E-state index in [0.717, 1.165) is 0 Å². The van der Waals surface area contributed by atoms with Crippen LogP contribution in [0.25, 0.3) is 0 Å². The molecule has 0 fully saturated rings. The second-order valence-corrected chi connectivity index (χ2v) is 3.33. The van der Waals surface area contributed by atoms with E-state index in [1.54, 1.807) is 12.1 Å². The van der Waals surface area contributed by atoms with Crippen LogP contribution in [0.1, 0.15) is 5.56 Å². The van der Waals surface area contributed by atoms with Crippen LogP contribution >= 0.6 is 0 Å². The first-order valence-electron chi connectivity index (χ1n) is 4.62. The van der Waals surface area contributed by atoms with Gasteiger partial charge in [0.05, 0.1) is 0 Å². The molecule has 0 saturated heterocycles. The molecule has 16 heavy (non-hydrogen) atoms. The lowest BCUT2D eigenvalue weighted by atomic mass is 10.1. The van der Waals surface area contributed by atoms with Gasteiger partial charge < -0.3 is 15.5 Å². The fraction of sp³-hybridized carbons (Fsp3) is 0.182. The molecule has 0 aliphatic rings. The van der Waals surface area contributed by atoms with Crippen LogP contribution in [0.15, 0.2) is 24.3 Å². The predicted octanol–water partition coefficient (Wildman–Crippen LogP) is 0.338. The Labute approximate surface area is 92.7 Å². The van der Waals surface area contributed by atoms with Gasteiger partial charge in [0.25, 0.3) is 0 Å². The number of hydrogen-bond acceptors (Lipinski definition) is 3. The Kier molecular flexibility index (Phi) is 3.88. The molecule has 0 bridgehead atoms. The molecule has 0 aliphatic heterocycles.